The second-order valence-corrected chi connectivity index (χ2v) is 4.38. The first-order valence-corrected chi connectivity index (χ1v) is 5.61. The van der Waals surface area contributed by atoms with Crippen LogP contribution in [0.3, 0.4) is 0 Å². The Morgan fingerprint density at radius 3 is 2.41 bits per heavy atom. The first-order valence-electron chi connectivity index (χ1n) is 5.61. The standard InChI is InChI=1S/C11H22N2O4/c1-5-8(6-9(14)16-4)13-10(15)17-11(2,3)7-12/h8H,5-7,12H2,1-4H3,(H,13,15). The molecule has 0 aromatic rings. The predicted octanol–water partition coefficient (Wildman–Crippen LogP) is 0.792. The van der Waals surface area contributed by atoms with Crippen molar-refractivity contribution in [1.82, 2.24) is 5.32 Å². The van der Waals surface area contributed by atoms with E-state index in [9.17, 15) is 9.59 Å². The van der Waals surface area contributed by atoms with Crippen molar-refractivity contribution in [3.05, 3.63) is 0 Å². The molecule has 0 aliphatic carbocycles. The number of hydrogen-bond acceptors (Lipinski definition) is 5. The van der Waals surface area contributed by atoms with Gasteiger partial charge in [-0.15, -0.1) is 0 Å². The highest BCUT2D eigenvalue weighted by Gasteiger charge is 2.23. The summed E-state index contributed by atoms with van der Waals surface area (Å²) in [6.07, 6.45) is 0.175. The highest BCUT2D eigenvalue weighted by molar-refractivity contribution is 5.72. The van der Waals surface area contributed by atoms with Crippen molar-refractivity contribution in [2.75, 3.05) is 13.7 Å². The van der Waals surface area contributed by atoms with E-state index in [-0.39, 0.29) is 25.0 Å². The lowest BCUT2D eigenvalue weighted by Gasteiger charge is -2.25. The number of carbonyl (C=O) groups is 2. The fourth-order valence-electron chi connectivity index (χ4n) is 1.07. The molecule has 0 fully saturated rings. The van der Waals surface area contributed by atoms with Gasteiger partial charge in [0.15, 0.2) is 0 Å². The average molecular weight is 246 g/mol. The molecular weight excluding hydrogens is 224 g/mol. The van der Waals surface area contributed by atoms with Gasteiger partial charge >= 0.3 is 12.1 Å². The second kappa shape index (κ2) is 7.11. The summed E-state index contributed by atoms with van der Waals surface area (Å²) in [5.41, 5.74) is 4.73. The van der Waals surface area contributed by atoms with Gasteiger partial charge in [0.05, 0.1) is 13.5 Å². The van der Waals surface area contributed by atoms with Crippen LogP contribution in [0.4, 0.5) is 4.79 Å². The molecule has 1 atom stereocenters. The van der Waals surface area contributed by atoms with E-state index in [1.54, 1.807) is 13.8 Å². The number of ether oxygens (including phenoxy) is 2. The minimum Gasteiger partial charge on any atom is -0.469 e. The lowest BCUT2D eigenvalue weighted by molar-refractivity contribution is -0.141. The third-order valence-electron chi connectivity index (χ3n) is 2.32. The molecule has 0 bridgehead atoms. The summed E-state index contributed by atoms with van der Waals surface area (Å²) in [6.45, 7) is 5.53. The zero-order chi connectivity index (χ0) is 13.5. The number of amides is 1. The van der Waals surface area contributed by atoms with Gasteiger partial charge in [-0.05, 0) is 20.3 Å². The van der Waals surface area contributed by atoms with Gasteiger partial charge in [0.2, 0.25) is 0 Å². The molecular formula is C11H22N2O4. The Morgan fingerprint density at radius 1 is 1.41 bits per heavy atom. The molecule has 0 saturated heterocycles. The molecule has 3 N–H and O–H groups in total. The van der Waals surface area contributed by atoms with Crippen molar-refractivity contribution in [2.24, 2.45) is 5.73 Å². The van der Waals surface area contributed by atoms with Gasteiger partial charge in [-0.3, -0.25) is 4.79 Å². The zero-order valence-corrected chi connectivity index (χ0v) is 10.9. The van der Waals surface area contributed by atoms with E-state index in [0.29, 0.717) is 6.42 Å². The van der Waals surface area contributed by atoms with Crippen LogP contribution in [0, 0.1) is 0 Å². The average Bonchev–Trinajstić information content (AvgIpc) is 2.27. The maximum absolute atomic E-state index is 11.5. The molecule has 0 aromatic heterocycles. The van der Waals surface area contributed by atoms with Crippen LogP contribution in [0.2, 0.25) is 0 Å². The number of esters is 1. The molecule has 6 heteroatoms. The fraction of sp³-hybridized carbons (Fsp3) is 0.818. The van der Waals surface area contributed by atoms with Crippen molar-refractivity contribution in [3.63, 3.8) is 0 Å². The molecule has 0 radical (unpaired) electrons. The Morgan fingerprint density at radius 2 is 2.00 bits per heavy atom. The highest BCUT2D eigenvalue weighted by atomic mass is 16.6. The molecule has 0 aliphatic heterocycles. The molecule has 0 aliphatic rings. The minimum absolute atomic E-state index is 0.130. The van der Waals surface area contributed by atoms with Gasteiger partial charge in [-0.25, -0.2) is 4.79 Å². The first kappa shape index (κ1) is 15.7. The van der Waals surface area contributed by atoms with Crippen LogP contribution in [0.25, 0.3) is 0 Å². The van der Waals surface area contributed by atoms with E-state index in [1.807, 2.05) is 6.92 Å². The van der Waals surface area contributed by atoms with Gasteiger partial charge in [0, 0.05) is 12.6 Å². The molecule has 0 rings (SSSR count). The Bertz CT molecular complexity index is 266. The summed E-state index contributed by atoms with van der Waals surface area (Å²) in [4.78, 5) is 22.6. The lowest BCUT2D eigenvalue weighted by atomic mass is 10.1. The summed E-state index contributed by atoms with van der Waals surface area (Å²) in [7, 11) is 1.31. The van der Waals surface area contributed by atoms with E-state index in [1.165, 1.54) is 7.11 Å². The number of rotatable bonds is 6. The van der Waals surface area contributed by atoms with Crippen LogP contribution < -0.4 is 11.1 Å². The number of alkyl carbamates (subject to hydrolysis) is 1. The van der Waals surface area contributed by atoms with Gasteiger partial charge in [0.25, 0.3) is 0 Å². The minimum atomic E-state index is -0.715. The van der Waals surface area contributed by atoms with E-state index in [0.717, 1.165) is 0 Å². The van der Waals surface area contributed by atoms with Crippen LogP contribution in [-0.4, -0.2) is 37.4 Å². The van der Waals surface area contributed by atoms with Crippen LogP contribution >= 0.6 is 0 Å². The predicted molar refractivity (Wildman–Crippen MR) is 63.5 cm³/mol. The van der Waals surface area contributed by atoms with E-state index < -0.39 is 11.7 Å². The van der Waals surface area contributed by atoms with E-state index in [4.69, 9.17) is 10.5 Å². The fourth-order valence-corrected chi connectivity index (χ4v) is 1.07. The molecule has 1 amide bonds. The van der Waals surface area contributed by atoms with Crippen molar-refractivity contribution in [1.29, 1.82) is 0 Å². The molecule has 17 heavy (non-hydrogen) atoms. The third-order valence-corrected chi connectivity index (χ3v) is 2.32. The number of nitrogens with one attached hydrogen (secondary N) is 1. The van der Waals surface area contributed by atoms with Crippen LogP contribution in [0.5, 0.6) is 0 Å². The number of nitrogens with two attached hydrogens (primary N) is 1. The smallest absolute Gasteiger partial charge is 0.407 e. The van der Waals surface area contributed by atoms with Gasteiger partial charge in [0.1, 0.15) is 5.60 Å². The number of methoxy groups -OCH3 is 1. The maximum Gasteiger partial charge on any atom is 0.407 e. The van der Waals surface area contributed by atoms with Crippen LogP contribution in [-0.2, 0) is 14.3 Å². The summed E-state index contributed by atoms with van der Waals surface area (Å²) in [6, 6.07) is -0.288. The summed E-state index contributed by atoms with van der Waals surface area (Å²) in [5.74, 6) is -0.366. The second-order valence-electron chi connectivity index (χ2n) is 4.38. The van der Waals surface area contributed by atoms with Gasteiger partial charge in [-0.2, -0.15) is 0 Å². The largest absolute Gasteiger partial charge is 0.469 e. The quantitative estimate of drug-likeness (QED) is 0.676. The van der Waals surface area contributed by atoms with Gasteiger partial charge < -0.3 is 20.5 Å². The summed E-state index contributed by atoms with van der Waals surface area (Å²) < 4.78 is 9.64. The normalized spacial score (nSPS) is 12.8. The third kappa shape index (κ3) is 6.78. The molecule has 1 unspecified atom stereocenters. The Labute approximate surface area is 102 Å². The molecule has 6 nitrogen and oxygen atoms in total. The van der Waals surface area contributed by atoms with Crippen LogP contribution in [0.15, 0.2) is 0 Å². The van der Waals surface area contributed by atoms with Crippen molar-refractivity contribution in [2.45, 2.75) is 45.3 Å². The SMILES string of the molecule is CCC(CC(=O)OC)NC(=O)OC(C)(C)CN. The van der Waals surface area contributed by atoms with Gasteiger partial charge in [-0.1, -0.05) is 6.92 Å². The number of hydrogen-bond donors (Lipinski definition) is 2. The lowest BCUT2D eigenvalue weighted by Crippen LogP contribution is -2.43. The van der Waals surface area contributed by atoms with Crippen molar-refractivity contribution < 1.29 is 19.1 Å². The maximum atomic E-state index is 11.5. The van der Waals surface area contributed by atoms with Crippen molar-refractivity contribution >= 4 is 12.1 Å². The van der Waals surface area contributed by atoms with Crippen molar-refractivity contribution in [3.8, 4) is 0 Å². The van der Waals surface area contributed by atoms with E-state index in [2.05, 4.69) is 10.1 Å². The molecule has 100 valence electrons. The molecule has 0 heterocycles. The highest BCUT2D eigenvalue weighted by Crippen LogP contribution is 2.08. The molecule has 0 spiro atoms. The molecule has 0 saturated carbocycles. The number of carbonyl (C=O) groups excluding carboxylic acids is 2. The van der Waals surface area contributed by atoms with Crippen LogP contribution in [0.1, 0.15) is 33.6 Å². The van der Waals surface area contributed by atoms with E-state index >= 15 is 0 Å². The Hall–Kier alpha value is -1.30. The topological polar surface area (TPSA) is 90.6 Å². The monoisotopic (exact) mass is 246 g/mol. The molecule has 0 aromatic carbocycles. The Balaban J connectivity index is 4.20. The summed E-state index contributed by atoms with van der Waals surface area (Å²) in [5, 5.41) is 2.60. The summed E-state index contributed by atoms with van der Waals surface area (Å²) >= 11 is 0. The Kier molecular flexibility index (Phi) is 6.57. The zero-order valence-electron chi connectivity index (χ0n) is 10.9. The first-order chi connectivity index (χ1) is 7.84.